The van der Waals surface area contributed by atoms with Gasteiger partial charge < -0.3 is 4.89 Å². The number of pyridine rings is 1. The molecule has 0 aliphatic heterocycles. The van der Waals surface area contributed by atoms with Gasteiger partial charge in [0.1, 0.15) is 0 Å². The van der Waals surface area contributed by atoms with Gasteiger partial charge in [-0.1, -0.05) is 6.07 Å². The SMILES string of the molecule is O=[PH](O)O[n+]1ccccc1.[NaH]. The van der Waals surface area contributed by atoms with Gasteiger partial charge in [-0.05, 0) is 0 Å². The Morgan fingerprint density at radius 3 is 2.27 bits per heavy atom. The van der Waals surface area contributed by atoms with Gasteiger partial charge in [0.05, 0.1) is 0 Å². The van der Waals surface area contributed by atoms with Crippen molar-refractivity contribution in [3.05, 3.63) is 30.6 Å². The molecule has 0 bridgehead atoms. The Balaban J connectivity index is 0.000001000. The molecule has 0 spiro atoms. The summed E-state index contributed by atoms with van der Waals surface area (Å²) in [5.74, 6) is 0. The van der Waals surface area contributed by atoms with Gasteiger partial charge in [-0.3, -0.25) is 0 Å². The molecule has 4 nitrogen and oxygen atoms in total. The van der Waals surface area contributed by atoms with E-state index in [2.05, 4.69) is 4.62 Å². The Kier molecular flexibility index (Phi) is 5.82. The molecule has 0 amide bonds. The Hall–Kier alpha value is 0.140. The van der Waals surface area contributed by atoms with Crippen molar-refractivity contribution in [3.8, 4) is 0 Å². The third kappa shape index (κ3) is 4.56. The second-order valence-electron chi connectivity index (χ2n) is 1.59. The van der Waals surface area contributed by atoms with E-state index < -0.39 is 8.25 Å². The first-order valence-electron chi connectivity index (χ1n) is 2.66. The van der Waals surface area contributed by atoms with E-state index in [1.54, 1.807) is 30.6 Å². The molecule has 0 aromatic carbocycles. The van der Waals surface area contributed by atoms with Gasteiger partial charge >= 0.3 is 37.8 Å². The maximum absolute atomic E-state index is 10.1. The summed E-state index contributed by atoms with van der Waals surface area (Å²) in [6, 6.07) is 5.18. The number of nitrogens with zero attached hydrogens (tertiary/aromatic N) is 1. The molecule has 1 atom stereocenters. The molecule has 0 fully saturated rings. The monoisotopic (exact) mass is 184 g/mol. The Labute approximate surface area is 87.0 Å². The average Bonchev–Trinajstić information content (AvgIpc) is 1.88. The second kappa shape index (κ2) is 5.75. The fourth-order valence-corrected chi connectivity index (χ4v) is 0.836. The fraction of sp³-hybridized carbons (Fsp3) is 0. The molecule has 1 unspecified atom stereocenters. The minimum atomic E-state index is -2.87. The van der Waals surface area contributed by atoms with Crippen LogP contribution >= 0.6 is 8.25 Å². The van der Waals surface area contributed by atoms with Gasteiger partial charge in [0.2, 0.25) is 12.4 Å². The summed E-state index contributed by atoms with van der Waals surface area (Å²) < 4.78 is 15.7. The van der Waals surface area contributed by atoms with Crippen LogP contribution in [0.25, 0.3) is 0 Å². The van der Waals surface area contributed by atoms with E-state index >= 15 is 0 Å². The maximum atomic E-state index is 10.1. The van der Waals surface area contributed by atoms with Crippen molar-refractivity contribution in [3.63, 3.8) is 0 Å². The molecule has 1 N–H and O–H groups in total. The van der Waals surface area contributed by atoms with E-state index in [4.69, 9.17) is 4.89 Å². The molecule has 1 aromatic rings. The van der Waals surface area contributed by atoms with Crippen LogP contribution in [-0.4, -0.2) is 34.5 Å². The molecule has 6 heteroatoms. The normalized spacial score (nSPS) is 11.4. The molecular formula is C5H8NNaO3P+. The summed E-state index contributed by atoms with van der Waals surface area (Å²) in [5.41, 5.74) is 0. The van der Waals surface area contributed by atoms with Crippen molar-refractivity contribution in [1.82, 2.24) is 0 Å². The van der Waals surface area contributed by atoms with E-state index in [9.17, 15) is 4.57 Å². The summed E-state index contributed by atoms with van der Waals surface area (Å²) >= 11 is 0. The van der Waals surface area contributed by atoms with Crippen molar-refractivity contribution in [1.29, 1.82) is 0 Å². The standard InChI is InChI=1S/C5H6NO3P.Na.H/c7-10(8)9-6-4-2-1-3-5-6;;/h1-5,10H;;/p+1. The summed E-state index contributed by atoms with van der Waals surface area (Å²) in [6.45, 7) is 0. The van der Waals surface area contributed by atoms with Gasteiger partial charge in [-0.25, -0.2) is 4.57 Å². The van der Waals surface area contributed by atoms with E-state index in [-0.39, 0.29) is 29.6 Å². The third-order valence-electron chi connectivity index (χ3n) is 0.872. The predicted octanol–water partition coefficient (Wildman–Crippen LogP) is -0.864. The summed E-state index contributed by atoms with van der Waals surface area (Å²) in [4.78, 5) is 8.31. The van der Waals surface area contributed by atoms with E-state index in [1.165, 1.54) is 4.73 Å². The van der Waals surface area contributed by atoms with E-state index in [0.717, 1.165) is 0 Å². The van der Waals surface area contributed by atoms with Gasteiger partial charge in [0.25, 0.3) is 0 Å². The van der Waals surface area contributed by atoms with Crippen molar-refractivity contribution >= 4 is 37.8 Å². The molecule has 1 rings (SSSR count). The Morgan fingerprint density at radius 1 is 1.27 bits per heavy atom. The first-order valence-corrected chi connectivity index (χ1v) is 3.93. The van der Waals surface area contributed by atoms with Crippen molar-refractivity contribution in [2.75, 3.05) is 0 Å². The molecule has 56 valence electrons. The van der Waals surface area contributed by atoms with Crippen LogP contribution in [0, 0.1) is 0 Å². The topological polar surface area (TPSA) is 50.4 Å². The molecule has 0 aliphatic rings. The molecule has 11 heavy (non-hydrogen) atoms. The zero-order valence-corrected chi connectivity index (χ0v) is 6.10. The number of rotatable bonds is 2. The number of hydrogen-bond acceptors (Lipinski definition) is 2. The molecule has 1 aromatic heterocycles. The van der Waals surface area contributed by atoms with Crippen molar-refractivity contribution < 1.29 is 18.8 Å². The van der Waals surface area contributed by atoms with Crippen LogP contribution in [0.1, 0.15) is 0 Å². The van der Waals surface area contributed by atoms with Gasteiger partial charge in [0.15, 0.2) is 0 Å². The summed E-state index contributed by atoms with van der Waals surface area (Å²) in [5, 5.41) is 0. The molecular weight excluding hydrogens is 176 g/mol. The third-order valence-corrected chi connectivity index (χ3v) is 1.24. The van der Waals surface area contributed by atoms with Crippen molar-refractivity contribution in [2.45, 2.75) is 0 Å². The van der Waals surface area contributed by atoms with Crippen molar-refractivity contribution in [2.24, 2.45) is 0 Å². The first kappa shape index (κ1) is 11.1. The number of aromatic nitrogens is 1. The van der Waals surface area contributed by atoms with E-state index in [0.29, 0.717) is 0 Å². The van der Waals surface area contributed by atoms with Crippen LogP contribution in [0.2, 0.25) is 0 Å². The van der Waals surface area contributed by atoms with Gasteiger partial charge in [-0.15, -0.1) is 0 Å². The second-order valence-corrected chi connectivity index (χ2v) is 2.31. The predicted molar refractivity (Wildman–Crippen MR) is 41.6 cm³/mol. The first-order chi connectivity index (χ1) is 4.79. The van der Waals surface area contributed by atoms with Crippen LogP contribution in [-0.2, 0) is 4.57 Å². The Morgan fingerprint density at radius 2 is 1.82 bits per heavy atom. The molecule has 0 saturated heterocycles. The molecule has 0 saturated carbocycles. The molecule has 1 heterocycles. The van der Waals surface area contributed by atoms with Crippen LogP contribution < -0.4 is 9.35 Å². The molecule has 0 radical (unpaired) electrons. The Bertz CT molecular complexity index is 230. The van der Waals surface area contributed by atoms with Crippen LogP contribution in [0.4, 0.5) is 0 Å². The fourth-order valence-electron chi connectivity index (χ4n) is 0.534. The van der Waals surface area contributed by atoms with E-state index in [1.807, 2.05) is 0 Å². The van der Waals surface area contributed by atoms with Gasteiger partial charge in [-0.2, -0.15) is 4.62 Å². The van der Waals surface area contributed by atoms with Crippen LogP contribution in [0.3, 0.4) is 0 Å². The zero-order valence-electron chi connectivity index (χ0n) is 5.10. The van der Waals surface area contributed by atoms with Gasteiger partial charge in [0, 0.05) is 16.9 Å². The quantitative estimate of drug-likeness (QED) is 0.369. The van der Waals surface area contributed by atoms with Crippen LogP contribution in [0.15, 0.2) is 30.6 Å². The minimum absolute atomic E-state index is 0. The number of hydrogen-bond donors (Lipinski definition) is 1. The average molecular weight is 184 g/mol. The van der Waals surface area contributed by atoms with Crippen LogP contribution in [0.5, 0.6) is 0 Å². The summed E-state index contributed by atoms with van der Waals surface area (Å²) in [7, 11) is -2.87. The summed E-state index contributed by atoms with van der Waals surface area (Å²) in [6.07, 6.45) is 3.08. The zero-order chi connectivity index (χ0) is 7.40. The molecule has 0 aliphatic carbocycles.